The van der Waals surface area contributed by atoms with Gasteiger partial charge in [0.2, 0.25) is 5.91 Å². The minimum atomic E-state index is -0.412. The van der Waals surface area contributed by atoms with Gasteiger partial charge in [-0.3, -0.25) is 4.79 Å². The lowest BCUT2D eigenvalue weighted by atomic mass is 10.1. The van der Waals surface area contributed by atoms with E-state index in [0.29, 0.717) is 17.9 Å². The summed E-state index contributed by atoms with van der Waals surface area (Å²) in [6, 6.07) is 12.4. The highest BCUT2D eigenvalue weighted by atomic mass is 32.1. The average Bonchev–Trinajstić information content (AvgIpc) is 3.17. The third-order valence-corrected chi connectivity index (χ3v) is 5.09. The molecule has 0 saturated heterocycles. The van der Waals surface area contributed by atoms with Crippen LogP contribution in [0.15, 0.2) is 53.9 Å². The Morgan fingerprint density at radius 3 is 2.53 bits per heavy atom. The molecule has 1 N–H and O–H groups in total. The molecule has 0 unspecified atom stereocenters. The van der Waals surface area contributed by atoms with Crippen molar-refractivity contribution in [3.63, 3.8) is 0 Å². The van der Waals surface area contributed by atoms with Crippen LogP contribution in [-0.2, 0) is 16.1 Å². The van der Waals surface area contributed by atoms with Crippen LogP contribution in [0, 0.1) is 13.8 Å². The molecule has 1 aromatic heterocycles. The largest absolute Gasteiger partial charge is 0.487 e. The molecule has 3 aromatic rings. The Kier molecular flexibility index (Phi) is 6.98. The van der Waals surface area contributed by atoms with Crippen LogP contribution in [0.5, 0.6) is 5.75 Å². The van der Waals surface area contributed by atoms with E-state index in [1.54, 1.807) is 35.6 Å². The number of hydrogen-bond donors (Lipinski definition) is 1. The molecule has 2 aromatic carbocycles. The maximum Gasteiger partial charge on any atom is 0.337 e. The first-order valence-electron chi connectivity index (χ1n) is 9.26. The van der Waals surface area contributed by atoms with Crippen LogP contribution in [0.3, 0.4) is 0 Å². The topological polar surface area (TPSA) is 77.5 Å². The van der Waals surface area contributed by atoms with Gasteiger partial charge in [-0.25, -0.2) is 9.78 Å². The third kappa shape index (κ3) is 5.78. The number of rotatable bonds is 7. The molecule has 3 rings (SSSR count). The number of thiazole rings is 1. The van der Waals surface area contributed by atoms with Crippen LogP contribution in [0.1, 0.15) is 32.2 Å². The molecule has 0 saturated carbocycles. The molecular formula is C23H22N2O4S. The van der Waals surface area contributed by atoms with E-state index >= 15 is 0 Å². The van der Waals surface area contributed by atoms with E-state index in [1.165, 1.54) is 13.2 Å². The van der Waals surface area contributed by atoms with E-state index in [0.717, 1.165) is 27.6 Å². The summed E-state index contributed by atoms with van der Waals surface area (Å²) in [5, 5.41) is 5.81. The third-order valence-electron chi connectivity index (χ3n) is 4.27. The summed E-state index contributed by atoms with van der Waals surface area (Å²) in [7, 11) is 1.33. The lowest BCUT2D eigenvalue weighted by Crippen LogP contribution is -2.10. The SMILES string of the molecule is COC(=O)c1ccc(NC(=O)/C=C/c2ccc(OCc3csc(C)n3)cc2)c(C)c1. The number of amides is 1. The van der Waals surface area contributed by atoms with E-state index in [9.17, 15) is 9.59 Å². The monoisotopic (exact) mass is 422 g/mol. The van der Waals surface area contributed by atoms with Crippen molar-refractivity contribution < 1.29 is 19.1 Å². The lowest BCUT2D eigenvalue weighted by molar-refractivity contribution is -0.111. The van der Waals surface area contributed by atoms with E-state index < -0.39 is 5.97 Å². The van der Waals surface area contributed by atoms with Gasteiger partial charge in [0.15, 0.2) is 0 Å². The minimum absolute atomic E-state index is 0.261. The Morgan fingerprint density at radius 1 is 1.13 bits per heavy atom. The molecule has 0 bridgehead atoms. The number of carbonyl (C=O) groups excluding carboxylic acids is 2. The second-order valence-corrected chi connectivity index (χ2v) is 7.62. The molecule has 154 valence electrons. The number of nitrogens with one attached hydrogen (secondary N) is 1. The molecule has 0 aliphatic heterocycles. The summed E-state index contributed by atoms with van der Waals surface area (Å²) in [5.74, 6) is 0.0664. The molecule has 0 radical (unpaired) electrons. The molecule has 0 aliphatic rings. The van der Waals surface area contributed by atoms with Crippen LogP contribution in [0.25, 0.3) is 6.08 Å². The predicted molar refractivity (Wildman–Crippen MR) is 118 cm³/mol. The molecule has 1 heterocycles. The maximum absolute atomic E-state index is 12.2. The molecule has 0 fully saturated rings. The van der Waals surface area contributed by atoms with Gasteiger partial charge in [0.1, 0.15) is 12.4 Å². The number of methoxy groups -OCH3 is 1. The van der Waals surface area contributed by atoms with Gasteiger partial charge in [-0.2, -0.15) is 0 Å². The molecule has 7 heteroatoms. The Labute approximate surface area is 179 Å². The Morgan fingerprint density at radius 2 is 1.90 bits per heavy atom. The van der Waals surface area contributed by atoms with Crippen molar-refractivity contribution in [2.75, 3.05) is 12.4 Å². The molecule has 1 amide bonds. The second kappa shape index (κ2) is 9.84. The van der Waals surface area contributed by atoms with Gasteiger partial charge in [-0.1, -0.05) is 12.1 Å². The van der Waals surface area contributed by atoms with E-state index in [2.05, 4.69) is 10.3 Å². The van der Waals surface area contributed by atoms with Gasteiger partial charge in [0.25, 0.3) is 0 Å². The van der Waals surface area contributed by atoms with Crippen LogP contribution in [0.4, 0.5) is 5.69 Å². The Bertz CT molecular complexity index is 1070. The molecule has 6 nitrogen and oxygen atoms in total. The highest BCUT2D eigenvalue weighted by molar-refractivity contribution is 7.09. The summed E-state index contributed by atoms with van der Waals surface area (Å²) in [6.07, 6.45) is 3.18. The van der Waals surface area contributed by atoms with Crippen molar-refractivity contribution in [2.45, 2.75) is 20.5 Å². The van der Waals surface area contributed by atoms with E-state index in [4.69, 9.17) is 9.47 Å². The first kappa shape index (κ1) is 21.3. The van der Waals surface area contributed by atoms with E-state index in [1.807, 2.05) is 43.5 Å². The molecule has 30 heavy (non-hydrogen) atoms. The average molecular weight is 423 g/mol. The van der Waals surface area contributed by atoms with Crippen molar-refractivity contribution in [3.05, 3.63) is 81.3 Å². The number of aryl methyl sites for hydroxylation is 2. The molecular weight excluding hydrogens is 400 g/mol. The highest BCUT2D eigenvalue weighted by Gasteiger charge is 2.08. The number of nitrogens with zero attached hydrogens (tertiary/aromatic N) is 1. The van der Waals surface area contributed by atoms with Crippen LogP contribution < -0.4 is 10.1 Å². The van der Waals surface area contributed by atoms with E-state index in [-0.39, 0.29) is 5.91 Å². The molecule has 0 spiro atoms. The fraction of sp³-hybridized carbons (Fsp3) is 0.174. The molecule has 0 aliphatic carbocycles. The highest BCUT2D eigenvalue weighted by Crippen LogP contribution is 2.18. The number of esters is 1. The van der Waals surface area contributed by atoms with Crippen LogP contribution in [-0.4, -0.2) is 24.0 Å². The van der Waals surface area contributed by atoms with Crippen molar-refractivity contribution in [1.29, 1.82) is 0 Å². The lowest BCUT2D eigenvalue weighted by Gasteiger charge is -2.08. The molecule has 0 atom stereocenters. The van der Waals surface area contributed by atoms with Gasteiger partial charge in [-0.05, 0) is 61.4 Å². The smallest absolute Gasteiger partial charge is 0.337 e. The van der Waals surface area contributed by atoms with Gasteiger partial charge in [-0.15, -0.1) is 11.3 Å². The fourth-order valence-corrected chi connectivity index (χ4v) is 3.30. The standard InChI is InChI=1S/C23H22N2O4S/c1-15-12-18(23(27)28-3)7-10-21(15)25-22(26)11-6-17-4-8-20(9-5-17)29-13-19-14-30-16(2)24-19/h4-12,14H,13H2,1-3H3,(H,25,26)/b11-6+. The maximum atomic E-state index is 12.2. The zero-order chi connectivity index (χ0) is 21.5. The van der Waals surface area contributed by atoms with Crippen LogP contribution >= 0.6 is 11.3 Å². The first-order valence-corrected chi connectivity index (χ1v) is 10.1. The summed E-state index contributed by atoms with van der Waals surface area (Å²) in [5.41, 5.74) is 3.64. The number of carbonyl (C=O) groups is 2. The summed E-state index contributed by atoms with van der Waals surface area (Å²) >= 11 is 1.60. The normalized spacial score (nSPS) is 10.8. The summed E-state index contributed by atoms with van der Waals surface area (Å²) < 4.78 is 10.4. The van der Waals surface area contributed by atoms with Gasteiger partial charge < -0.3 is 14.8 Å². The summed E-state index contributed by atoms with van der Waals surface area (Å²) in [4.78, 5) is 28.2. The Balaban J connectivity index is 1.55. The number of ether oxygens (including phenoxy) is 2. The summed E-state index contributed by atoms with van der Waals surface area (Å²) in [6.45, 7) is 4.21. The van der Waals surface area contributed by atoms with Crippen molar-refractivity contribution in [3.8, 4) is 5.75 Å². The van der Waals surface area contributed by atoms with Gasteiger partial charge >= 0.3 is 5.97 Å². The van der Waals surface area contributed by atoms with Crippen LogP contribution in [0.2, 0.25) is 0 Å². The number of anilines is 1. The fourth-order valence-electron chi connectivity index (χ4n) is 2.70. The Hall–Kier alpha value is -3.45. The van der Waals surface area contributed by atoms with Gasteiger partial charge in [0.05, 0.1) is 23.4 Å². The predicted octanol–water partition coefficient (Wildman–Crippen LogP) is 4.78. The number of benzene rings is 2. The minimum Gasteiger partial charge on any atom is -0.487 e. The zero-order valence-electron chi connectivity index (χ0n) is 17.0. The zero-order valence-corrected chi connectivity index (χ0v) is 17.8. The van der Waals surface area contributed by atoms with Gasteiger partial charge in [0, 0.05) is 17.1 Å². The number of aromatic nitrogens is 1. The second-order valence-electron chi connectivity index (χ2n) is 6.56. The van der Waals surface area contributed by atoms with Crippen molar-refractivity contribution >= 4 is 35.0 Å². The first-order chi connectivity index (χ1) is 14.4. The van der Waals surface area contributed by atoms with Crippen molar-refractivity contribution in [2.24, 2.45) is 0 Å². The van der Waals surface area contributed by atoms with Crippen molar-refractivity contribution in [1.82, 2.24) is 4.98 Å². The number of hydrogen-bond acceptors (Lipinski definition) is 6. The quantitative estimate of drug-likeness (QED) is 0.438.